The van der Waals surface area contributed by atoms with Crippen LogP contribution in [0, 0.1) is 13.8 Å². The molecule has 1 aliphatic rings. The third-order valence-electron chi connectivity index (χ3n) is 4.36. The van der Waals surface area contributed by atoms with E-state index in [9.17, 15) is 4.79 Å². The summed E-state index contributed by atoms with van der Waals surface area (Å²) in [4.78, 5) is 13.3. The van der Waals surface area contributed by atoms with Gasteiger partial charge in [-0.1, -0.05) is 24.3 Å². The van der Waals surface area contributed by atoms with Gasteiger partial charge in [-0.2, -0.15) is 5.10 Å². The Bertz CT molecular complexity index is 709. The summed E-state index contributed by atoms with van der Waals surface area (Å²) in [6, 6.07) is 10.2. The van der Waals surface area contributed by atoms with Crippen molar-refractivity contribution in [2.45, 2.75) is 33.2 Å². The maximum absolute atomic E-state index is 10.8. The van der Waals surface area contributed by atoms with Crippen LogP contribution in [0.3, 0.4) is 0 Å². The number of hydrogen-bond acceptors (Lipinski definition) is 4. The van der Waals surface area contributed by atoms with Crippen LogP contribution in [0.4, 0.5) is 0 Å². The van der Waals surface area contributed by atoms with Gasteiger partial charge in [-0.05, 0) is 63.0 Å². The van der Waals surface area contributed by atoms with Gasteiger partial charge in [0.15, 0.2) is 0 Å². The first-order valence-corrected chi connectivity index (χ1v) is 8.88. The number of nitrogens with one attached hydrogen (secondary N) is 1. The lowest BCUT2D eigenvalue weighted by Gasteiger charge is -2.14. The maximum atomic E-state index is 10.8. The highest BCUT2D eigenvalue weighted by atomic mass is 16.5. The number of likely N-dealkylation sites (tertiary alicyclic amines) is 1. The van der Waals surface area contributed by atoms with Crippen molar-refractivity contribution in [3.8, 4) is 0 Å². The van der Waals surface area contributed by atoms with Gasteiger partial charge < -0.3 is 0 Å². The van der Waals surface area contributed by atoms with Crippen LogP contribution in [-0.2, 0) is 18.4 Å². The molecular formula is C20H28N4O2. The predicted octanol–water partition coefficient (Wildman–Crippen LogP) is 2.84. The first kappa shape index (κ1) is 19.9. The van der Waals surface area contributed by atoms with E-state index in [4.69, 9.17) is 5.21 Å². The standard InChI is InChI=1S/C14H18N2O2.C6H10N2/c17-14(15-18)8-7-12-3-5-13(6-4-12)11-16-9-1-2-10-16;1-5-4-6(2)8(3)7-5/h3-8,18H,1-2,9-11H2,(H,15,17);4H,1-3H3/b8-7+;. The highest BCUT2D eigenvalue weighted by molar-refractivity contribution is 5.90. The van der Waals surface area contributed by atoms with E-state index >= 15 is 0 Å². The average molecular weight is 356 g/mol. The highest BCUT2D eigenvalue weighted by Gasteiger charge is 2.11. The van der Waals surface area contributed by atoms with Crippen LogP contribution in [-0.4, -0.2) is 38.9 Å². The third-order valence-corrected chi connectivity index (χ3v) is 4.36. The van der Waals surface area contributed by atoms with E-state index in [0.29, 0.717) is 0 Å². The van der Waals surface area contributed by atoms with E-state index in [1.54, 1.807) is 11.6 Å². The largest absolute Gasteiger partial charge is 0.299 e. The van der Waals surface area contributed by atoms with E-state index in [1.165, 1.54) is 43.3 Å². The number of benzene rings is 1. The molecule has 6 nitrogen and oxygen atoms in total. The molecule has 0 spiro atoms. The Kier molecular flexibility index (Phi) is 7.56. The predicted molar refractivity (Wildman–Crippen MR) is 103 cm³/mol. The number of carbonyl (C=O) groups excluding carboxylic acids is 1. The summed E-state index contributed by atoms with van der Waals surface area (Å²) in [6.07, 6.45) is 5.58. The summed E-state index contributed by atoms with van der Waals surface area (Å²) in [6.45, 7) is 7.42. The van der Waals surface area contributed by atoms with Crippen LogP contribution >= 0.6 is 0 Å². The van der Waals surface area contributed by atoms with E-state index in [2.05, 4.69) is 28.2 Å². The second-order valence-electron chi connectivity index (χ2n) is 6.58. The van der Waals surface area contributed by atoms with Crippen molar-refractivity contribution in [1.29, 1.82) is 0 Å². The quantitative estimate of drug-likeness (QED) is 0.502. The minimum absolute atomic E-state index is 0.517. The first-order valence-electron chi connectivity index (χ1n) is 8.88. The first-order chi connectivity index (χ1) is 12.5. The van der Waals surface area contributed by atoms with Crippen molar-refractivity contribution >= 4 is 12.0 Å². The molecular weight excluding hydrogens is 328 g/mol. The zero-order valence-electron chi connectivity index (χ0n) is 15.8. The SMILES string of the molecule is Cc1cc(C)n(C)n1.O=C(/C=C/c1ccc(CN2CCCC2)cc1)NO. The lowest BCUT2D eigenvalue weighted by Crippen LogP contribution is -2.18. The topological polar surface area (TPSA) is 70.4 Å². The van der Waals surface area contributed by atoms with Crippen LogP contribution in [0.1, 0.15) is 35.4 Å². The highest BCUT2D eigenvalue weighted by Crippen LogP contribution is 2.13. The number of aromatic nitrogens is 2. The number of carbonyl (C=O) groups is 1. The maximum Gasteiger partial charge on any atom is 0.267 e. The van der Waals surface area contributed by atoms with E-state index in [1.807, 2.05) is 37.7 Å². The number of aryl methyl sites for hydroxylation is 3. The second kappa shape index (κ2) is 9.89. The summed E-state index contributed by atoms with van der Waals surface area (Å²) in [5.41, 5.74) is 6.10. The molecule has 0 radical (unpaired) electrons. The molecule has 2 aromatic rings. The summed E-state index contributed by atoms with van der Waals surface area (Å²) >= 11 is 0. The zero-order valence-corrected chi connectivity index (χ0v) is 15.8. The van der Waals surface area contributed by atoms with Crippen LogP contribution in [0.25, 0.3) is 6.08 Å². The normalized spacial score (nSPS) is 14.3. The monoisotopic (exact) mass is 356 g/mol. The number of amides is 1. The minimum atomic E-state index is -0.517. The smallest absolute Gasteiger partial charge is 0.267 e. The van der Waals surface area contributed by atoms with E-state index < -0.39 is 5.91 Å². The van der Waals surface area contributed by atoms with Gasteiger partial charge in [0.25, 0.3) is 5.91 Å². The lowest BCUT2D eigenvalue weighted by atomic mass is 10.1. The van der Waals surface area contributed by atoms with Gasteiger partial charge >= 0.3 is 0 Å². The Hall–Kier alpha value is -2.44. The van der Waals surface area contributed by atoms with Gasteiger partial charge in [0.2, 0.25) is 0 Å². The molecule has 1 aliphatic heterocycles. The fourth-order valence-electron chi connectivity index (χ4n) is 2.88. The minimum Gasteiger partial charge on any atom is -0.299 e. The molecule has 1 fully saturated rings. The molecule has 0 saturated carbocycles. The summed E-state index contributed by atoms with van der Waals surface area (Å²) in [7, 11) is 1.95. The average Bonchev–Trinajstić information content (AvgIpc) is 3.24. The third kappa shape index (κ3) is 6.46. The molecule has 140 valence electrons. The van der Waals surface area contributed by atoms with Gasteiger partial charge in [-0.15, -0.1) is 0 Å². The van der Waals surface area contributed by atoms with Gasteiger partial charge in [0.05, 0.1) is 5.69 Å². The Balaban J connectivity index is 0.000000254. The van der Waals surface area contributed by atoms with Crippen LogP contribution in [0.2, 0.25) is 0 Å². The lowest BCUT2D eigenvalue weighted by molar-refractivity contribution is -0.124. The molecule has 1 aromatic carbocycles. The van der Waals surface area contributed by atoms with Crippen LogP contribution < -0.4 is 5.48 Å². The molecule has 1 aromatic heterocycles. The molecule has 26 heavy (non-hydrogen) atoms. The van der Waals surface area contributed by atoms with Gasteiger partial charge in [0.1, 0.15) is 0 Å². The Morgan fingerprint density at radius 1 is 1.23 bits per heavy atom. The van der Waals surface area contributed by atoms with Crippen molar-refractivity contribution in [2.24, 2.45) is 7.05 Å². The molecule has 0 atom stereocenters. The van der Waals surface area contributed by atoms with E-state index in [-0.39, 0.29) is 0 Å². The molecule has 0 aliphatic carbocycles. The van der Waals surface area contributed by atoms with Crippen molar-refractivity contribution in [2.75, 3.05) is 13.1 Å². The number of rotatable bonds is 4. The van der Waals surface area contributed by atoms with E-state index in [0.717, 1.165) is 17.8 Å². The zero-order chi connectivity index (χ0) is 18.9. The molecule has 1 saturated heterocycles. The molecule has 3 rings (SSSR count). The molecule has 2 N–H and O–H groups in total. The fraction of sp³-hybridized carbons (Fsp3) is 0.400. The summed E-state index contributed by atoms with van der Waals surface area (Å²) < 4.78 is 1.87. The number of hydrogen-bond donors (Lipinski definition) is 2. The Morgan fingerprint density at radius 3 is 2.35 bits per heavy atom. The number of hydroxylamine groups is 1. The van der Waals surface area contributed by atoms with Crippen molar-refractivity contribution in [3.05, 3.63) is 58.9 Å². The molecule has 0 bridgehead atoms. The van der Waals surface area contributed by atoms with Crippen molar-refractivity contribution in [3.63, 3.8) is 0 Å². The van der Waals surface area contributed by atoms with Crippen molar-refractivity contribution < 1.29 is 10.0 Å². The van der Waals surface area contributed by atoms with Gasteiger partial charge in [0, 0.05) is 25.4 Å². The van der Waals surface area contributed by atoms with Crippen molar-refractivity contribution in [1.82, 2.24) is 20.2 Å². The summed E-state index contributed by atoms with van der Waals surface area (Å²) in [5, 5.41) is 12.5. The molecule has 0 unspecified atom stereocenters. The van der Waals surface area contributed by atoms with Crippen LogP contribution in [0.5, 0.6) is 0 Å². The van der Waals surface area contributed by atoms with Crippen LogP contribution in [0.15, 0.2) is 36.4 Å². The molecule has 1 amide bonds. The van der Waals surface area contributed by atoms with Gasteiger partial charge in [-0.25, -0.2) is 5.48 Å². The summed E-state index contributed by atoms with van der Waals surface area (Å²) in [5.74, 6) is -0.517. The Morgan fingerprint density at radius 2 is 1.88 bits per heavy atom. The van der Waals surface area contributed by atoms with Gasteiger partial charge in [-0.3, -0.25) is 19.6 Å². The second-order valence-corrected chi connectivity index (χ2v) is 6.58. The Labute approximate surface area is 155 Å². The molecule has 6 heteroatoms. The number of nitrogens with zero attached hydrogens (tertiary/aromatic N) is 3. The molecule has 2 heterocycles. The fourth-order valence-corrected chi connectivity index (χ4v) is 2.88.